The molecule has 1 atom stereocenters. The number of hydrogen-bond acceptors (Lipinski definition) is 6. The highest BCUT2D eigenvalue weighted by molar-refractivity contribution is 5.74. The lowest BCUT2D eigenvalue weighted by molar-refractivity contribution is 0.145. The van der Waals surface area contributed by atoms with Crippen LogP contribution in [0.5, 0.6) is 5.75 Å². The Morgan fingerprint density at radius 1 is 1.24 bits per heavy atom. The largest absolute Gasteiger partial charge is 0.482 e. The SMILES string of the molecule is Cc1ccc2c(c1)[C@@H](C)Oc1cc(cnc1N)-c1c(C#N)nn(C)c1Cc1cc(C(F)F)nn1-2. The van der Waals surface area contributed by atoms with Crippen molar-refractivity contribution in [2.24, 2.45) is 7.05 Å². The molecule has 1 aromatic carbocycles. The van der Waals surface area contributed by atoms with Crippen LogP contribution in [0.2, 0.25) is 0 Å². The van der Waals surface area contributed by atoms with Gasteiger partial charge >= 0.3 is 0 Å². The van der Waals surface area contributed by atoms with Crippen molar-refractivity contribution in [3.63, 3.8) is 0 Å². The molecule has 2 bridgehead atoms. The number of ether oxygens (including phenoxy) is 1. The average Bonchev–Trinajstić information content (AvgIpc) is 3.36. The van der Waals surface area contributed by atoms with Crippen LogP contribution in [-0.4, -0.2) is 24.5 Å². The summed E-state index contributed by atoms with van der Waals surface area (Å²) < 4.78 is 36.7. The number of pyridine rings is 1. The van der Waals surface area contributed by atoms with Crippen LogP contribution in [0, 0.1) is 18.3 Å². The summed E-state index contributed by atoms with van der Waals surface area (Å²) in [5.41, 5.74) is 10.7. The fraction of sp³-hybridized carbons (Fsp3) is 0.250. The van der Waals surface area contributed by atoms with Crippen LogP contribution in [0.1, 0.15) is 53.4 Å². The van der Waals surface area contributed by atoms with Crippen LogP contribution in [0.3, 0.4) is 0 Å². The van der Waals surface area contributed by atoms with Gasteiger partial charge in [-0.25, -0.2) is 18.4 Å². The van der Waals surface area contributed by atoms with Crippen molar-refractivity contribution in [1.82, 2.24) is 24.5 Å². The van der Waals surface area contributed by atoms with E-state index in [1.165, 1.54) is 10.7 Å². The first-order valence-electron chi connectivity index (χ1n) is 10.6. The Labute approximate surface area is 194 Å². The molecule has 0 radical (unpaired) electrons. The Bertz CT molecular complexity index is 1460. The molecule has 1 aliphatic rings. The number of alkyl halides is 2. The second-order valence-corrected chi connectivity index (χ2v) is 8.29. The molecule has 2 N–H and O–H groups in total. The Morgan fingerprint density at radius 2 is 2.03 bits per heavy atom. The Kier molecular flexibility index (Phi) is 5.05. The second kappa shape index (κ2) is 7.95. The van der Waals surface area contributed by atoms with Gasteiger partial charge in [-0.2, -0.15) is 15.5 Å². The van der Waals surface area contributed by atoms with Gasteiger partial charge in [0, 0.05) is 36.4 Å². The Balaban J connectivity index is 1.85. The number of benzene rings is 1. The minimum absolute atomic E-state index is 0.191. The summed E-state index contributed by atoms with van der Waals surface area (Å²) in [4.78, 5) is 4.28. The average molecular weight is 461 g/mol. The van der Waals surface area contributed by atoms with E-state index in [2.05, 4.69) is 21.3 Å². The molecule has 0 unspecified atom stereocenters. The van der Waals surface area contributed by atoms with E-state index in [4.69, 9.17) is 10.5 Å². The number of aryl methyl sites for hydroxylation is 2. The van der Waals surface area contributed by atoms with E-state index in [0.717, 1.165) is 11.1 Å². The Hall–Kier alpha value is -4.26. The van der Waals surface area contributed by atoms with Crippen molar-refractivity contribution in [2.75, 3.05) is 5.73 Å². The molecular formula is C24H21F2N7O. The minimum atomic E-state index is -2.74. The first-order valence-corrected chi connectivity index (χ1v) is 10.6. The van der Waals surface area contributed by atoms with E-state index in [9.17, 15) is 14.0 Å². The molecule has 8 nitrogen and oxygen atoms in total. The zero-order valence-corrected chi connectivity index (χ0v) is 18.8. The van der Waals surface area contributed by atoms with Crippen molar-refractivity contribution in [2.45, 2.75) is 32.8 Å². The number of anilines is 1. The molecular weight excluding hydrogens is 440 g/mol. The highest BCUT2D eigenvalue weighted by Gasteiger charge is 2.26. The maximum Gasteiger partial charge on any atom is 0.282 e. The van der Waals surface area contributed by atoms with Crippen LogP contribution in [0.4, 0.5) is 14.6 Å². The minimum Gasteiger partial charge on any atom is -0.482 e. The van der Waals surface area contributed by atoms with Gasteiger partial charge in [0.15, 0.2) is 17.3 Å². The molecule has 0 spiro atoms. The normalized spacial score (nSPS) is 14.8. The molecule has 5 rings (SSSR count). The maximum atomic E-state index is 13.7. The predicted molar refractivity (Wildman–Crippen MR) is 121 cm³/mol. The van der Waals surface area contributed by atoms with Crippen molar-refractivity contribution in [1.29, 1.82) is 5.26 Å². The highest BCUT2D eigenvalue weighted by atomic mass is 19.3. The van der Waals surface area contributed by atoms with Crippen LogP contribution in [-0.2, 0) is 13.5 Å². The van der Waals surface area contributed by atoms with Crippen molar-refractivity contribution < 1.29 is 13.5 Å². The topological polar surface area (TPSA) is 108 Å². The first-order chi connectivity index (χ1) is 16.3. The lowest BCUT2D eigenvalue weighted by atomic mass is 10.0. The molecule has 4 heterocycles. The van der Waals surface area contributed by atoms with E-state index in [0.29, 0.717) is 34.0 Å². The van der Waals surface area contributed by atoms with Crippen molar-refractivity contribution in [3.8, 4) is 28.6 Å². The lowest BCUT2D eigenvalue weighted by Gasteiger charge is -2.22. The molecule has 4 aromatic rings. The predicted octanol–water partition coefficient (Wildman–Crippen LogP) is 4.41. The van der Waals surface area contributed by atoms with Gasteiger partial charge in [0.05, 0.1) is 17.1 Å². The standard InChI is InChI=1S/C24H21F2N7O/c1-12-4-5-19-16(6-12)13(2)34-21-7-14(11-29-24(21)28)22-18(10-27)30-32(3)20(22)9-15-8-17(23(25)26)31-33(15)19/h4-8,11,13,23H,9H2,1-3H3,(H2,28,29)/t13-/m1/s1. The molecule has 0 fully saturated rings. The molecule has 10 heteroatoms. The summed E-state index contributed by atoms with van der Waals surface area (Å²) in [5.74, 6) is 0.552. The third kappa shape index (κ3) is 3.46. The number of halogens is 2. The molecule has 1 aliphatic heterocycles. The van der Waals surface area contributed by atoms with Crippen LogP contribution in [0.25, 0.3) is 16.8 Å². The molecule has 0 saturated heterocycles. The summed E-state index contributed by atoms with van der Waals surface area (Å²) in [6, 6.07) is 10.9. The van der Waals surface area contributed by atoms with Gasteiger partial charge in [-0.05, 0) is 32.0 Å². The molecule has 0 aliphatic carbocycles. The lowest BCUT2D eigenvalue weighted by Crippen LogP contribution is -2.14. The number of nitrogen functional groups attached to an aromatic ring is 1. The zero-order valence-electron chi connectivity index (χ0n) is 18.8. The summed E-state index contributed by atoms with van der Waals surface area (Å²) in [6.45, 7) is 3.79. The Morgan fingerprint density at radius 3 is 2.76 bits per heavy atom. The van der Waals surface area contributed by atoms with Gasteiger partial charge in [-0.15, -0.1) is 0 Å². The smallest absolute Gasteiger partial charge is 0.282 e. The van der Waals surface area contributed by atoms with Crippen molar-refractivity contribution >= 4 is 5.82 Å². The van der Waals surface area contributed by atoms with Gasteiger partial charge in [-0.1, -0.05) is 17.7 Å². The summed E-state index contributed by atoms with van der Waals surface area (Å²) in [6.07, 6.45) is -1.47. The fourth-order valence-corrected chi connectivity index (χ4v) is 4.33. The molecule has 172 valence electrons. The monoisotopic (exact) mass is 461 g/mol. The molecule has 0 saturated carbocycles. The molecule has 0 amide bonds. The first kappa shape index (κ1) is 21.6. The van der Waals surface area contributed by atoms with Gasteiger partial charge < -0.3 is 10.5 Å². The van der Waals surface area contributed by atoms with Gasteiger partial charge in [0.1, 0.15) is 17.9 Å². The quantitative estimate of drug-likeness (QED) is 0.450. The highest BCUT2D eigenvalue weighted by Crippen LogP contribution is 2.37. The van der Waals surface area contributed by atoms with Crippen LogP contribution in [0.15, 0.2) is 36.5 Å². The fourth-order valence-electron chi connectivity index (χ4n) is 4.33. The van der Waals surface area contributed by atoms with Crippen LogP contribution < -0.4 is 10.5 Å². The summed E-state index contributed by atoms with van der Waals surface area (Å²) >= 11 is 0. The molecule has 34 heavy (non-hydrogen) atoms. The van der Waals surface area contributed by atoms with Crippen LogP contribution >= 0.6 is 0 Å². The third-order valence-corrected chi connectivity index (χ3v) is 5.97. The number of fused-ring (bicyclic) bond motifs is 7. The second-order valence-electron chi connectivity index (χ2n) is 8.29. The van der Waals surface area contributed by atoms with Crippen molar-refractivity contribution in [3.05, 3.63) is 70.4 Å². The van der Waals surface area contributed by atoms with E-state index < -0.39 is 12.5 Å². The number of hydrogen-bond donors (Lipinski definition) is 1. The summed E-state index contributed by atoms with van der Waals surface area (Å²) in [7, 11) is 1.71. The molecule has 3 aromatic heterocycles. The summed E-state index contributed by atoms with van der Waals surface area (Å²) in [5, 5.41) is 18.3. The van der Waals surface area contributed by atoms with E-state index in [1.54, 1.807) is 24.0 Å². The third-order valence-electron chi connectivity index (χ3n) is 5.97. The van der Waals surface area contributed by atoms with Gasteiger partial charge in [0.25, 0.3) is 6.43 Å². The zero-order chi connectivity index (χ0) is 24.1. The van der Waals surface area contributed by atoms with E-state index >= 15 is 0 Å². The number of nitrogens with two attached hydrogens (primary N) is 1. The number of nitrogens with zero attached hydrogens (tertiary/aromatic N) is 6. The number of aromatic nitrogens is 5. The number of rotatable bonds is 1. The van der Waals surface area contributed by atoms with E-state index in [1.807, 2.05) is 32.0 Å². The number of nitriles is 1. The van der Waals surface area contributed by atoms with Gasteiger partial charge in [0.2, 0.25) is 0 Å². The van der Waals surface area contributed by atoms with Gasteiger partial charge in [-0.3, -0.25) is 4.68 Å². The van der Waals surface area contributed by atoms with E-state index in [-0.39, 0.29) is 23.6 Å². The maximum absolute atomic E-state index is 13.7.